The molecule has 5 rings (SSSR count). The van der Waals surface area contributed by atoms with Crippen LogP contribution in [0.5, 0.6) is 5.75 Å². The summed E-state index contributed by atoms with van der Waals surface area (Å²) in [7, 11) is 3.80. The number of fused-ring (bicyclic) bond motifs is 1. The molecule has 1 aliphatic heterocycles. The number of rotatable bonds is 4. The normalized spacial score (nSPS) is 14.8. The number of anilines is 2. The Morgan fingerprint density at radius 1 is 0.968 bits per heavy atom. The van der Waals surface area contributed by atoms with E-state index < -0.39 is 0 Å². The summed E-state index contributed by atoms with van der Waals surface area (Å²) in [6.45, 7) is 4.09. The molecule has 0 spiro atoms. The Morgan fingerprint density at radius 2 is 1.77 bits per heavy atom. The number of H-pyrrole nitrogens is 1. The van der Waals surface area contributed by atoms with E-state index in [9.17, 15) is 0 Å². The second-order valence-corrected chi connectivity index (χ2v) is 7.82. The van der Waals surface area contributed by atoms with Gasteiger partial charge in [-0.1, -0.05) is 0 Å². The molecular weight excluding hydrogens is 390 g/mol. The highest BCUT2D eigenvalue weighted by molar-refractivity contribution is 5.84. The number of aromatic nitrogens is 4. The van der Waals surface area contributed by atoms with Crippen LogP contribution in [0, 0.1) is 0 Å². The van der Waals surface area contributed by atoms with E-state index in [1.807, 2.05) is 30.5 Å². The van der Waals surface area contributed by atoms with Gasteiger partial charge in [-0.3, -0.25) is 0 Å². The van der Waals surface area contributed by atoms with Gasteiger partial charge in [0.2, 0.25) is 0 Å². The first-order chi connectivity index (χ1) is 15.1. The summed E-state index contributed by atoms with van der Waals surface area (Å²) in [6, 6.07) is 11.9. The van der Waals surface area contributed by atoms with Gasteiger partial charge in [0.25, 0.3) is 0 Å². The van der Waals surface area contributed by atoms with Gasteiger partial charge in [-0.05, 0) is 37.4 Å². The standard InChI is InChI=1S/C23H25N7O/c1-29-7-9-30(10-8-29)21-6-3-15(13-25-21)16-11-18(22(24)26-14-16)23-27-19-5-4-17(31-2)12-20(19)28-23/h3-6,11-14H,7-10H2,1-2H3,(H2,24,26)(H,27,28). The van der Waals surface area contributed by atoms with E-state index >= 15 is 0 Å². The van der Waals surface area contributed by atoms with Crippen LogP contribution in [0.4, 0.5) is 11.6 Å². The Kier molecular flexibility index (Phi) is 4.91. The predicted octanol–water partition coefficient (Wildman–Crippen LogP) is 3.03. The van der Waals surface area contributed by atoms with E-state index in [0.717, 1.165) is 65.5 Å². The van der Waals surface area contributed by atoms with Crippen molar-refractivity contribution in [1.29, 1.82) is 0 Å². The van der Waals surface area contributed by atoms with Crippen molar-refractivity contribution in [2.24, 2.45) is 0 Å². The lowest BCUT2D eigenvalue weighted by Crippen LogP contribution is -2.44. The smallest absolute Gasteiger partial charge is 0.142 e. The number of piperazine rings is 1. The Hall–Kier alpha value is -3.65. The van der Waals surface area contributed by atoms with Crippen molar-refractivity contribution in [1.82, 2.24) is 24.8 Å². The maximum absolute atomic E-state index is 6.19. The number of pyridine rings is 2. The molecule has 4 heterocycles. The fourth-order valence-corrected chi connectivity index (χ4v) is 3.85. The third-order valence-corrected chi connectivity index (χ3v) is 5.77. The van der Waals surface area contributed by atoms with Gasteiger partial charge in [0.15, 0.2) is 0 Å². The molecule has 1 aliphatic rings. The van der Waals surface area contributed by atoms with Gasteiger partial charge in [-0.25, -0.2) is 15.0 Å². The first kappa shape index (κ1) is 19.3. The van der Waals surface area contributed by atoms with Crippen molar-refractivity contribution in [3.63, 3.8) is 0 Å². The fourth-order valence-electron chi connectivity index (χ4n) is 3.85. The summed E-state index contributed by atoms with van der Waals surface area (Å²) in [4.78, 5) is 21.8. The molecule has 3 aromatic heterocycles. The van der Waals surface area contributed by atoms with Crippen LogP contribution in [-0.2, 0) is 0 Å². The van der Waals surface area contributed by atoms with Gasteiger partial charge < -0.3 is 25.3 Å². The summed E-state index contributed by atoms with van der Waals surface area (Å²) in [5.74, 6) is 2.88. The number of imidazole rings is 1. The van der Waals surface area contributed by atoms with Crippen LogP contribution in [0.3, 0.4) is 0 Å². The molecule has 1 saturated heterocycles. The van der Waals surface area contributed by atoms with E-state index in [2.05, 4.69) is 43.9 Å². The van der Waals surface area contributed by atoms with E-state index in [1.54, 1.807) is 13.3 Å². The Morgan fingerprint density at radius 3 is 2.52 bits per heavy atom. The second-order valence-electron chi connectivity index (χ2n) is 7.82. The van der Waals surface area contributed by atoms with Crippen molar-refractivity contribution in [3.05, 3.63) is 48.8 Å². The van der Waals surface area contributed by atoms with Gasteiger partial charge in [0.05, 0.1) is 23.7 Å². The minimum absolute atomic E-state index is 0.428. The van der Waals surface area contributed by atoms with Crippen molar-refractivity contribution < 1.29 is 4.74 Å². The van der Waals surface area contributed by atoms with Crippen LogP contribution < -0.4 is 15.4 Å². The van der Waals surface area contributed by atoms with Crippen LogP contribution in [0.2, 0.25) is 0 Å². The molecule has 0 aliphatic carbocycles. The lowest BCUT2D eigenvalue weighted by Gasteiger charge is -2.33. The number of likely N-dealkylation sites (N-methyl/N-ethyl adjacent to an activating group) is 1. The molecule has 0 unspecified atom stereocenters. The van der Waals surface area contributed by atoms with E-state index in [0.29, 0.717) is 11.6 Å². The van der Waals surface area contributed by atoms with Gasteiger partial charge >= 0.3 is 0 Å². The minimum Gasteiger partial charge on any atom is -0.497 e. The van der Waals surface area contributed by atoms with Gasteiger partial charge in [0, 0.05) is 55.8 Å². The van der Waals surface area contributed by atoms with Crippen molar-refractivity contribution in [2.45, 2.75) is 0 Å². The number of nitrogens with zero attached hydrogens (tertiary/aromatic N) is 5. The average molecular weight is 416 g/mol. The van der Waals surface area contributed by atoms with Crippen LogP contribution in [-0.4, -0.2) is 65.2 Å². The van der Waals surface area contributed by atoms with Crippen molar-refractivity contribution >= 4 is 22.7 Å². The highest BCUT2D eigenvalue weighted by Crippen LogP contribution is 2.30. The molecule has 4 aromatic rings. The van der Waals surface area contributed by atoms with Crippen LogP contribution in [0.25, 0.3) is 33.5 Å². The lowest BCUT2D eigenvalue weighted by molar-refractivity contribution is 0.312. The van der Waals surface area contributed by atoms with E-state index in [1.165, 1.54) is 0 Å². The quantitative estimate of drug-likeness (QED) is 0.529. The first-order valence-electron chi connectivity index (χ1n) is 10.3. The summed E-state index contributed by atoms with van der Waals surface area (Å²) in [6.07, 6.45) is 3.67. The lowest BCUT2D eigenvalue weighted by atomic mass is 10.1. The molecule has 0 atom stereocenters. The fraction of sp³-hybridized carbons (Fsp3) is 0.261. The molecule has 0 bridgehead atoms. The highest BCUT2D eigenvalue weighted by Gasteiger charge is 2.16. The van der Waals surface area contributed by atoms with Gasteiger partial charge in [-0.15, -0.1) is 0 Å². The van der Waals surface area contributed by atoms with Gasteiger partial charge in [0.1, 0.15) is 23.2 Å². The van der Waals surface area contributed by atoms with E-state index in [-0.39, 0.29) is 0 Å². The van der Waals surface area contributed by atoms with E-state index in [4.69, 9.17) is 15.5 Å². The number of methoxy groups -OCH3 is 1. The number of ether oxygens (including phenoxy) is 1. The summed E-state index contributed by atoms with van der Waals surface area (Å²) < 4.78 is 5.30. The molecule has 8 nitrogen and oxygen atoms in total. The zero-order valence-corrected chi connectivity index (χ0v) is 17.7. The maximum Gasteiger partial charge on any atom is 0.142 e. The molecule has 1 aromatic carbocycles. The molecular formula is C23H25N7O. The number of nitrogens with one attached hydrogen (secondary N) is 1. The SMILES string of the molecule is COc1ccc2nc(-c3cc(-c4ccc(N5CCN(C)CC5)nc4)cnc3N)[nH]c2c1. The third-order valence-electron chi connectivity index (χ3n) is 5.77. The predicted molar refractivity (Wildman–Crippen MR) is 123 cm³/mol. The molecule has 3 N–H and O–H groups in total. The Bertz CT molecular complexity index is 1210. The molecule has 0 amide bonds. The monoisotopic (exact) mass is 415 g/mol. The number of nitrogen functional groups attached to an aromatic ring is 1. The number of nitrogens with two attached hydrogens (primary N) is 1. The van der Waals surface area contributed by atoms with Crippen LogP contribution in [0.15, 0.2) is 48.8 Å². The van der Waals surface area contributed by atoms with Crippen molar-refractivity contribution in [2.75, 3.05) is 51.0 Å². The Balaban J connectivity index is 1.44. The summed E-state index contributed by atoms with van der Waals surface area (Å²) in [5, 5.41) is 0. The third kappa shape index (κ3) is 3.77. The average Bonchev–Trinajstić information content (AvgIpc) is 3.23. The number of aromatic amines is 1. The number of benzene rings is 1. The molecule has 8 heteroatoms. The number of hydrogen-bond acceptors (Lipinski definition) is 7. The molecule has 31 heavy (non-hydrogen) atoms. The second kappa shape index (κ2) is 7.88. The molecule has 0 radical (unpaired) electrons. The number of hydrogen-bond donors (Lipinski definition) is 2. The maximum atomic E-state index is 6.19. The topological polar surface area (TPSA) is 96.2 Å². The highest BCUT2D eigenvalue weighted by atomic mass is 16.5. The van der Waals surface area contributed by atoms with Crippen LogP contribution in [0.1, 0.15) is 0 Å². The summed E-state index contributed by atoms with van der Waals surface area (Å²) >= 11 is 0. The molecule has 1 fully saturated rings. The van der Waals surface area contributed by atoms with Crippen molar-refractivity contribution in [3.8, 4) is 28.3 Å². The van der Waals surface area contributed by atoms with Crippen LogP contribution >= 0.6 is 0 Å². The zero-order chi connectivity index (χ0) is 21.4. The first-order valence-corrected chi connectivity index (χ1v) is 10.3. The molecule has 0 saturated carbocycles. The largest absolute Gasteiger partial charge is 0.497 e. The summed E-state index contributed by atoms with van der Waals surface area (Å²) in [5.41, 5.74) is 10.6. The van der Waals surface area contributed by atoms with Gasteiger partial charge in [-0.2, -0.15) is 0 Å². The molecule has 158 valence electrons. The zero-order valence-electron chi connectivity index (χ0n) is 17.7. The minimum atomic E-state index is 0.428. The Labute approximate surface area is 180 Å².